The zero-order chi connectivity index (χ0) is 19.7. The van der Waals surface area contributed by atoms with E-state index >= 15 is 0 Å². The summed E-state index contributed by atoms with van der Waals surface area (Å²) in [5.74, 6) is 0. The normalized spacial score (nSPS) is 14.9. The Labute approximate surface area is 162 Å². The van der Waals surface area contributed by atoms with Crippen LogP contribution in [-0.2, 0) is 0 Å². The number of hydrogen-bond donors (Lipinski definition) is 1. The van der Waals surface area contributed by atoms with Crippen molar-refractivity contribution in [2.24, 2.45) is 0 Å². The maximum Gasteiger partial charge on any atom is 0.324 e. The number of anilines is 3. The van der Waals surface area contributed by atoms with Crippen molar-refractivity contribution in [1.29, 1.82) is 0 Å². The Morgan fingerprint density at radius 2 is 1.75 bits per heavy atom. The van der Waals surface area contributed by atoms with Crippen molar-refractivity contribution in [2.45, 2.75) is 39.5 Å². The molecule has 0 saturated carbocycles. The van der Waals surface area contributed by atoms with Gasteiger partial charge >= 0.3 is 5.69 Å². The maximum absolute atomic E-state index is 11.8. The van der Waals surface area contributed by atoms with E-state index in [0.29, 0.717) is 11.2 Å². The van der Waals surface area contributed by atoms with Gasteiger partial charge in [-0.15, -0.1) is 0 Å². The summed E-state index contributed by atoms with van der Waals surface area (Å²) in [5.41, 5.74) is 4.72. The summed E-state index contributed by atoms with van der Waals surface area (Å²) in [6.07, 6.45) is 4.56. The molecule has 2 aromatic carbocycles. The summed E-state index contributed by atoms with van der Waals surface area (Å²) in [6, 6.07) is 7.77. The molecular weight excluding hydrogens is 358 g/mol. The zero-order valence-corrected chi connectivity index (χ0v) is 16.1. The van der Waals surface area contributed by atoms with Crippen LogP contribution in [0.5, 0.6) is 0 Å². The van der Waals surface area contributed by atoms with E-state index in [-0.39, 0.29) is 11.2 Å². The Morgan fingerprint density at radius 1 is 1.04 bits per heavy atom. The second kappa shape index (κ2) is 7.46. The molecule has 0 aliphatic carbocycles. The van der Waals surface area contributed by atoms with Gasteiger partial charge in [-0.25, -0.2) is 4.63 Å². The Balaban J connectivity index is 1.86. The van der Waals surface area contributed by atoms with Crippen molar-refractivity contribution in [3.05, 3.63) is 45.5 Å². The van der Waals surface area contributed by atoms with Gasteiger partial charge < -0.3 is 10.2 Å². The highest BCUT2D eigenvalue weighted by Gasteiger charge is 2.28. The summed E-state index contributed by atoms with van der Waals surface area (Å²) < 4.78 is 4.90. The number of rotatable bonds is 4. The molecule has 1 aliphatic rings. The SMILES string of the molecule is Cc1ccc(Nc2cc(N3CCCCCC3)c3nonc3c2[N+](=O)[O-])c(C)c1. The molecule has 8 nitrogen and oxygen atoms in total. The Hall–Kier alpha value is -3.16. The molecule has 1 aliphatic heterocycles. The second-order valence-corrected chi connectivity index (χ2v) is 7.36. The van der Waals surface area contributed by atoms with Crippen molar-refractivity contribution in [1.82, 2.24) is 10.3 Å². The van der Waals surface area contributed by atoms with Crippen molar-refractivity contribution >= 4 is 33.8 Å². The molecule has 3 aromatic rings. The highest BCUT2D eigenvalue weighted by molar-refractivity contribution is 6.00. The molecule has 0 bridgehead atoms. The van der Waals surface area contributed by atoms with Gasteiger partial charge in [-0.3, -0.25) is 10.1 Å². The number of hydrogen-bond acceptors (Lipinski definition) is 7. The number of aromatic nitrogens is 2. The fraction of sp³-hybridized carbons (Fsp3) is 0.400. The van der Waals surface area contributed by atoms with Gasteiger partial charge in [0.2, 0.25) is 5.52 Å². The van der Waals surface area contributed by atoms with Crippen LogP contribution in [-0.4, -0.2) is 28.3 Å². The molecule has 0 amide bonds. The van der Waals surface area contributed by atoms with Gasteiger partial charge in [-0.1, -0.05) is 30.5 Å². The minimum Gasteiger partial charge on any atom is -0.370 e. The number of nitro benzene ring substituents is 1. The van der Waals surface area contributed by atoms with Crippen LogP contribution >= 0.6 is 0 Å². The van der Waals surface area contributed by atoms with E-state index in [0.717, 1.165) is 48.4 Å². The predicted octanol–water partition coefficient (Wildman–Crippen LogP) is 4.87. The highest BCUT2D eigenvalue weighted by Crippen LogP contribution is 2.40. The first kappa shape index (κ1) is 18.2. The van der Waals surface area contributed by atoms with Crippen LogP contribution in [0.25, 0.3) is 11.0 Å². The third-order valence-electron chi connectivity index (χ3n) is 5.27. The molecule has 0 atom stereocenters. The summed E-state index contributed by atoms with van der Waals surface area (Å²) in [5, 5.41) is 22.9. The lowest BCUT2D eigenvalue weighted by Gasteiger charge is -2.23. The quantitative estimate of drug-likeness (QED) is 0.508. The van der Waals surface area contributed by atoms with E-state index in [1.165, 1.54) is 12.8 Å². The number of nitrogens with one attached hydrogen (secondary N) is 1. The van der Waals surface area contributed by atoms with Crippen molar-refractivity contribution < 1.29 is 9.55 Å². The van der Waals surface area contributed by atoms with Crippen LogP contribution in [0.15, 0.2) is 28.9 Å². The molecule has 2 heterocycles. The van der Waals surface area contributed by atoms with Crippen molar-refractivity contribution in [3.63, 3.8) is 0 Å². The van der Waals surface area contributed by atoms with Gasteiger partial charge in [-0.05, 0) is 54.7 Å². The molecule has 8 heteroatoms. The van der Waals surface area contributed by atoms with Crippen molar-refractivity contribution in [3.8, 4) is 0 Å². The Kier molecular flexibility index (Phi) is 4.85. The molecule has 1 aromatic heterocycles. The monoisotopic (exact) mass is 381 g/mol. The van der Waals surface area contributed by atoms with Crippen LogP contribution in [0.1, 0.15) is 36.8 Å². The smallest absolute Gasteiger partial charge is 0.324 e. The number of nitrogens with zero attached hydrogens (tertiary/aromatic N) is 4. The van der Waals surface area contributed by atoms with E-state index in [1.54, 1.807) is 0 Å². The molecular formula is C20H23N5O3. The fourth-order valence-corrected chi connectivity index (χ4v) is 3.84. The van der Waals surface area contributed by atoms with Gasteiger partial charge in [0, 0.05) is 18.8 Å². The molecule has 28 heavy (non-hydrogen) atoms. The molecule has 0 spiro atoms. The second-order valence-electron chi connectivity index (χ2n) is 7.36. The molecule has 4 rings (SSSR count). The Bertz CT molecular complexity index is 1020. The molecule has 0 radical (unpaired) electrons. The van der Waals surface area contributed by atoms with Gasteiger partial charge in [0.25, 0.3) is 0 Å². The highest BCUT2D eigenvalue weighted by atomic mass is 16.6. The molecule has 1 fully saturated rings. The number of benzene rings is 2. The van der Waals surface area contributed by atoms with Gasteiger partial charge in [0.05, 0.1) is 10.6 Å². The van der Waals surface area contributed by atoms with E-state index in [4.69, 9.17) is 4.63 Å². The lowest BCUT2D eigenvalue weighted by Crippen LogP contribution is -2.24. The van der Waals surface area contributed by atoms with E-state index < -0.39 is 4.92 Å². The standard InChI is InChI=1S/C20H23N5O3/c1-13-7-8-15(14(2)11-13)21-16-12-17(24-9-5-3-4-6-10-24)18-19(23-28-22-18)20(16)25(26)27/h7-8,11-12,21H,3-6,9-10H2,1-2H3. The summed E-state index contributed by atoms with van der Waals surface area (Å²) >= 11 is 0. The van der Waals surface area contributed by atoms with Crippen LogP contribution in [0.2, 0.25) is 0 Å². The third-order valence-corrected chi connectivity index (χ3v) is 5.27. The Morgan fingerprint density at radius 3 is 2.43 bits per heavy atom. The zero-order valence-electron chi connectivity index (χ0n) is 16.1. The summed E-state index contributed by atoms with van der Waals surface area (Å²) in [6.45, 7) is 5.78. The molecule has 146 valence electrons. The average molecular weight is 381 g/mol. The minimum absolute atomic E-state index is 0.116. The van der Waals surface area contributed by atoms with Gasteiger partial charge in [-0.2, -0.15) is 0 Å². The van der Waals surface area contributed by atoms with Crippen LogP contribution in [0, 0.1) is 24.0 Å². The third kappa shape index (κ3) is 3.37. The maximum atomic E-state index is 11.8. The number of fused-ring (bicyclic) bond motifs is 1. The molecule has 1 saturated heterocycles. The molecule has 0 unspecified atom stereocenters. The average Bonchev–Trinajstić information content (AvgIpc) is 2.97. The topological polar surface area (TPSA) is 97.3 Å². The van der Waals surface area contributed by atoms with Crippen molar-refractivity contribution in [2.75, 3.05) is 23.3 Å². The van der Waals surface area contributed by atoms with E-state index in [1.807, 2.05) is 38.1 Å². The minimum atomic E-state index is -0.426. The summed E-state index contributed by atoms with van der Waals surface area (Å²) in [4.78, 5) is 13.7. The van der Waals surface area contributed by atoms with Crippen LogP contribution in [0.4, 0.5) is 22.7 Å². The first-order valence-electron chi connectivity index (χ1n) is 9.57. The number of nitro groups is 1. The predicted molar refractivity (Wildman–Crippen MR) is 108 cm³/mol. The fourth-order valence-electron chi connectivity index (χ4n) is 3.84. The van der Waals surface area contributed by atoms with Crippen LogP contribution in [0.3, 0.4) is 0 Å². The summed E-state index contributed by atoms with van der Waals surface area (Å²) in [7, 11) is 0. The first-order valence-corrected chi connectivity index (χ1v) is 9.57. The van der Waals surface area contributed by atoms with E-state index in [2.05, 4.69) is 20.5 Å². The van der Waals surface area contributed by atoms with Gasteiger partial charge in [0.15, 0.2) is 5.52 Å². The number of aryl methyl sites for hydroxylation is 2. The largest absolute Gasteiger partial charge is 0.370 e. The van der Waals surface area contributed by atoms with Gasteiger partial charge in [0.1, 0.15) is 5.69 Å². The van der Waals surface area contributed by atoms with Crippen LogP contribution < -0.4 is 10.2 Å². The lowest BCUT2D eigenvalue weighted by atomic mass is 10.1. The van der Waals surface area contributed by atoms with E-state index in [9.17, 15) is 10.1 Å². The lowest BCUT2D eigenvalue weighted by molar-refractivity contribution is -0.382. The first-order chi connectivity index (χ1) is 13.5. The molecule has 1 N–H and O–H groups in total.